The fraction of sp³-hybridized carbons (Fsp3) is 0.250. The summed E-state index contributed by atoms with van der Waals surface area (Å²) in [5.74, 6) is 3.29. The Hall–Kier alpha value is -3.69. The molecule has 4 aromatic rings. The van der Waals surface area contributed by atoms with E-state index in [1.54, 1.807) is 12.1 Å². The van der Waals surface area contributed by atoms with Crippen LogP contribution in [0.15, 0.2) is 59.1 Å². The summed E-state index contributed by atoms with van der Waals surface area (Å²) in [7, 11) is 0. The molecule has 0 aliphatic carbocycles. The monoisotopic (exact) mass is 476 g/mol. The number of piperazine rings is 1. The Kier molecular flexibility index (Phi) is 5.48. The molecule has 10 heteroatoms. The number of halogens is 1. The van der Waals surface area contributed by atoms with Gasteiger partial charge >= 0.3 is 0 Å². The summed E-state index contributed by atoms with van der Waals surface area (Å²) in [6.07, 6.45) is 0. The molecule has 4 heterocycles. The van der Waals surface area contributed by atoms with Crippen molar-refractivity contribution in [2.24, 2.45) is 0 Å². The molecule has 2 aromatic heterocycles. The number of hydrogen-bond acceptors (Lipinski definition) is 9. The lowest BCUT2D eigenvalue weighted by Crippen LogP contribution is -2.46. The Balaban J connectivity index is 1.07. The number of benzene rings is 2. The summed E-state index contributed by atoms with van der Waals surface area (Å²) < 4.78 is 16.3. The maximum absolute atomic E-state index is 5.94. The van der Waals surface area contributed by atoms with Crippen molar-refractivity contribution in [2.75, 3.05) is 37.9 Å². The van der Waals surface area contributed by atoms with Crippen molar-refractivity contribution in [3.63, 3.8) is 0 Å². The summed E-state index contributed by atoms with van der Waals surface area (Å²) in [6.45, 7) is 4.80. The Morgan fingerprint density at radius 1 is 0.853 bits per heavy atom. The first-order valence-corrected chi connectivity index (χ1v) is 11.4. The van der Waals surface area contributed by atoms with Crippen molar-refractivity contribution >= 4 is 17.4 Å². The van der Waals surface area contributed by atoms with Crippen LogP contribution in [-0.4, -0.2) is 58.2 Å². The summed E-state index contributed by atoms with van der Waals surface area (Å²) >= 11 is 5.94. The van der Waals surface area contributed by atoms with E-state index in [9.17, 15) is 0 Å². The van der Waals surface area contributed by atoms with E-state index in [2.05, 4.69) is 42.3 Å². The fourth-order valence-corrected chi connectivity index (χ4v) is 4.21. The highest BCUT2D eigenvalue weighted by Gasteiger charge is 2.21. The molecule has 2 aromatic carbocycles. The molecule has 1 fully saturated rings. The first kappa shape index (κ1) is 20.9. The molecule has 2 aliphatic heterocycles. The number of fused-ring (bicyclic) bond motifs is 1. The maximum Gasteiger partial charge on any atom is 0.278 e. The Morgan fingerprint density at radius 2 is 1.68 bits per heavy atom. The fourth-order valence-electron chi connectivity index (χ4n) is 4.08. The van der Waals surface area contributed by atoms with Gasteiger partial charge in [0.25, 0.3) is 5.89 Å². The Labute approximate surface area is 200 Å². The van der Waals surface area contributed by atoms with E-state index < -0.39 is 0 Å². The molecular weight excluding hydrogens is 456 g/mol. The number of nitrogens with zero attached hydrogens (tertiary/aromatic N) is 6. The van der Waals surface area contributed by atoms with Gasteiger partial charge in [-0.15, -0.1) is 10.2 Å². The zero-order valence-corrected chi connectivity index (χ0v) is 19.0. The SMILES string of the molecule is Clc1ccc(-c2noc(-c3ccc(N4CCN(Cc5ccc6c(c5)OCO6)CC4)nn3)n2)cc1. The molecule has 0 amide bonds. The molecule has 6 rings (SSSR count). The average molecular weight is 477 g/mol. The van der Waals surface area contributed by atoms with Crippen LogP contribution in [0.2, 0.25) is 5.02 Å². The van der Waals surface area contributed by atoms with Gasteiger partial charge in [0.1, 0.15) is 0 Å². The van der Waals surface area contributed by atoms with Crippen molar-refractivity contribution in [3.05, 3.63) is 65.2 Å². The summed E-state index contributed by atoms with van der Waals surface area (Å²) in [6, 6.07) is 17.2. The zero-order valence-electron chi connectivity index (χ0n) is 18.2. The van der Waals surface area contributed by atoms with Crippen LogP contribution in [0.5, 0.6) is 11.5 Å². The quantitative estimate of drug-likeness (QED) is 0.425. The van der Waals surface area contributed by atoms with Crippen LogP contribution in [0.1, 0.15) is 5.56 Å². The molecule has 0 radical (unpaired) electrons. The second-order valence-corrected chi connectivity index (χ2v) is 8.59. The first-order chi connectivity index (χ1) is 16.7. The van der Waals surface area contributed by atoms with Crippen molar-refractivity contribution in [1.29, 1.82) is 0 Å². The Morgan fingerprint density at radius 3 is 2.47 bits per heavy atom. The van der Waals surface area contributed by atoms with Crippen molar-refractivity contribution in [3.8, 4) is 34.5 Å². The van der Waals surface area contributed by atoms with Gasteiger partial charge in [-0.05, 0) is 54.1 Å². The maximum atomic E-state index is 5.94. The molecule has 1 saturated heterocycles. The second-order valence-electron chi connectivity index (χ2n) is 8.16. The van der Waals surface area contributed by atoms with Crippen LogP contribution < -0.4 is 14.4 Å². The lowest BCUT2D eigenvalue weighted by Gasteiger charge is -2.35. The van der Waals surface area contributed by atoms with Gasteiger partial charge in [0, 0.05) is 43.3 Å². The molecule has 0 spiro atoms. The van der Waals surface area contributed by atoms with Crippen LogP contribution in [-0.2, 0) is 6.54 Å². The number of hydrogen-bond donors (Lipinski definition) is 0. The van der Waals surface area contributed by atoms with Crippen molar-refractivity contribution < 1.29 is 14.0 Å². The molecular formula is C24H21ClN6O3. The van der Waals surface area contributed by atoms with E-state index in [0.29, 0.717) is 29.2 Å². The predicted octanol–water partition coefficient (Wildman–Crippen LogP) is 3.90. The van der Waals surface area contributed by atoms with Crippen molar-refractivity contribution in [2.45, 2.75) is 6.54 Å². The topological polar surface area (TPSA) is 89.6 Å². The van der Waals surface area contributed by atoms with Crippen LogP contribution in [0.25, 0.3) is 23.0 Å². The van der Waals surface area contributed by atoms with Crippen LogP contribution in [0, 0.1) is 0 Å². The average Bonchev–Trinajstić information content (AvgIpc) is 3.55. The van der Waals surface area contributed by atoms with Crippen LogP contribution >= 0.6 is 11.6 Å². The molecule has 0 N–H and O–H groups in total. The van der Waals surface area contributed by atoms with Crippen LogP contribution in [0.3, 0.4) is 0 Å². The number of aromatic nitrogens is 4. The van der Waals surface area contributed by atoms with Gasteiger partial charge in [0.2, 0.25) is 12.6 Å². The highest BCUT2D eigenvalue weighted by Crippen LogP contribution is 2.33. The lowest BCUT2D eigenvalue weighted by molar-refractivity contribution is 0.174. The van der Waals surface area contributed by atoms with E-state index in [0.717, 1.165) is 55.6 Å². The standard InChI is InChI=1S/C24H21ClN6O3/c25-18-4-2-17(3-5-18)23-26-24(34-29-23)19-6-8-22(28-27-19)31-11-9-30(10-12-31)14-16-1-7-20-21(13-16)33-15-32-20/h1-8,13H,9-12,14-15H2. The predicted molar refractivity (Wildman–Crippen MR) is 126 cm³/mol. The van der Waals surface area contributed by atoms with Gasteiger partial charge in [0.15, 0.2) is 23.0 Å². The Bertz CT molecular complexity index is 1290. The van der Waals surface area contributed by atoms with Gasteiger partial charge in [-0.3, -0.25) is 4.90 Å². The van der Waals surface area contributed by atoms with E-state index in [1.165, 1.54) is 5.56 Å². The van der Waals surface area contributed by atoms with E-state index in [-0.39, 0.29) is 0 Å². The minimum absolute atomic E-state index is 0.299. The highest BCUT2D eigenvalue weighted by molar-refractivity contribution is 6.30. The summed E-state index contributed by atoms with van der Waals surface area (Å²) in [4.78, 5) is 9.09. The molecule has 34 heavy (non-hydrogen) atoms. The first-order valence-electron chi connectivity index (χ1n) is 11.0. The minimum Gasteiger partial charge on any atom is -0.454 e. The molecule has 9 nitrogen and oxygen atoms in total. The highest BCUT2D eigenvalue weighted by atomic mass is 35.5. The third-order valence-electron chi connectivity index (χ3n) is 5.94. The van der Waals surface area contributed by atoms with Gasteiger partial charge in [-0.1, -0.05) is 22.8 Å². The van der Waals surface area contributed by atoms with Gasteiger partial charge in [-0.25, -0.2) is 0 Å². The van der Waals surface area contributed by atoms with Crippen molar-refractivity contribution in [1.82, 2.24) is 25.2 Å². The number of rotatable bonds is 5. The second kappa shape index (κ2) is 8.92. The molecule has 172 valence electrons. The number of anilines is 1. The molecule has 0 atom stereocenters. The molecule has 0 saturated carbocycles. The third-order valence-corrected chi connectivity index (χ3v) is 6.19. The lowest BCUT2D eigenvalue weighted by atomic mass is 10.1. The van der Waals surface area contributed by atoms with E-state index in [4.69, 9.17) is 25.6 Å². The third kappa shape index (κ3) is 4.27. The largest absolute Gasteiger partial charge is 0.454 e. The smallest absolute Gasteiger partial charge is 0.278 e. The summed E-state index contributed by atoms with van der Waals surface area (Å²) in [5, 5.41) is 13.4. The van der Waals surface area contributed by atoms with Gasteiger partial charge in [0.05, 0.1) is 0 Å². The molecule has 0 bridgehead atoms. The van der Waals surface area contributed by atoms with Crippen LogP contribution in [0.4, 0.5) is 5.82 Å². The molecule has 2 aliphatic rings. The minimum atomic E-state index is 0.299. The number of ether oxygens (including phenoxy) is 2. The van der Waals surface area contributed by atoms with E-state index >= 15 is 0 Å². The normalized spacial score (nSPS) is 15.6. The van der Waals surface area contributed by atoms with E-state index in [1.807, 2.05) is 30.3 Å². The van der Waals surface area contributed by atoms with Gasteiger partial charge in [-0.2, -0.15) is 4.98 Å². The molecule has 0 unspecified atom stereocenters. The van der Waals surface area contributed by atoms with Gasteiger partial charge < -0.3 is 18.9 Å². The summed E-state index contributed by atoms with van der Waals surface area (Å²) in [5.41, 5.74) is 2.58. The zero-order chi connectivity index (χ0) is 22.9.